The molecule has 0 radical (unpaired) electrons. The van der Waals surface area contributed by atoms with Gasteiger partial charge in [-0.2, -0.15) is 0 Å². The predicted molar refractivity (Wildman–Crippen MR) is 106 cm³/mol. The molecular formula is C20H22N4O3S. The summed E-state index contributed by atoms with van der Waals surface area (Å²) in [7, 11) is 1.67. The van der Waals surface area contributed by atoms with E-state index in [-0.39, 0.29) is 5.91 Å². The van der Waals surface area contributed by atoms with Crippen molar-refractivity contribution >= 4 is 17.7 Å². The number of nitrogens with one attached hydrogen (secondary N) is 1. The summed E-state index contributed by atoms with van der Waals surface area (Å²) < 4.78 is 12.7. The Labute approximate surface area is 167 Å². The van der Waals surface area contributed by atoms with Crippen LogP contribution >= 0.6 is 11.8 Å². The lowest BCUT2D eigenvalue weighted by Crippen LogP contribution is -2.25. The summed E-state index contributed by atoms with van der Waals surface area (Å²) in [5.41, 5.74) is 1.82. The minimum atomic E-state index is 0.00380. The van der Waals surface area contributed by atoms with E-state index in [4.69, 9.17) is 9.15 Å². The summed E-state index contributed by atoms with van der Waals surface area (Å²) in [5.74, 6) is 2.11. The lowest BCUT2D eigenvalue weighted by atomic mass is 10.1. The first-order valence-corrected chi connectivity index (χ1v) is 10.2. The Balaban J connectivity index is 1.43. The van der Waals surface area contributed by atoms with Gasteiger partial charge >= 0.3 is 0 Å². The van der Waals surface area contributed by atoms with Crippen LogP contribution in [0.1, 0.15) is 28.8 Å². The topological polar surface area (TPSA) is 82.2 Å². The molecule has 146 valence electrons. The second-order valence-electron chi connectivity index (χ2n) is 6.66. The number of carbonyl (C=O) groups excluding carboxylic acids is 1. The molecule has 1 saturated carbocycles. The van der Waals surface area contributed by atoms with Gasteiger partial charge in [-0.15, -0.1) is 10.2 Å². The Hall–Kier alpha value is -2.58. The Morgan fingerprint density at radius 2 is 2.11 bits per heavy atom. The van der Waals surface area contributed by atoms with E-state index >= 15 is 0 Å². The van der Waals surface area contributed by atoms with E-state index in [1.54, 1.807) is 25.1 Å². The fourth-order valence-corrected chi connectivity index (χ4v) is 3.68. The first-order valence-electron chi connectivity index (χ1n) is 9.23. The van der Waals surface area contributed by atoms with E-state index in [1.165, 1.54) is 0 Å². The molecule has 1 aliphatic rings. The monoisotopic (exact) mass is 398 g/mol. The number of benzene rings is 1. The summed E-state index contributed by atoms with van der Waals surface area (Å²) in [4.78, 5) is 12.1. The van der Waals surface area contributed by atoms with Crippen molar-refractivity contribution in [1.82, 2.24) is 20.1 Å². The minimum Gasteiger partial charge on any atom is -0.461 e. The van der Waals surface area contributed by atoms with E-state index < -0.39 is 0 Å². The van der Waals surface area contributed by atoms with Gasteiger partial charge in [0.15, 0.2) is 10.9 Å². The van der Waals surface area contributed by atoms with Gasteiger partial charge in [0.2, 0.25) is 5.82 Å². The lowest BCUT2D eigenvalue weighted by molar-refractivity contribution is 0.0951. The highest BCUT2D eigenvalue weighted by atomic mass is 32.2. The van der Waals surface area contributed by atoms with Crippen LogP contribution in [0.15, 0.2) is 52.2 Å². The van der Waals surface area contributed by atoms with Crippen molar-refractivity contribution in [2.24, 2.45) is 0 Å². The standard InChI is InChI=1S/C20H22N4O3S/c1-26-12-10-24-18(17-3-2-11-27-17)22-23-20(24)28-13-14-4-6-15(7-5-14)19(25)21-16-8-9-16/h2-7,11,16H,8-10,12-13H2,1H3,(H,21,25). The number of hydrogen-bond donors (Lipinski definition) is 1. The number of hydrogen-bond acceptors (Lipinski definition) is 6. The van der Waals surface area contributed by atoms with Crippen molar-refractivity contribution in [2.75, 3.05) is 13.7 Å². The van der Waals surface area contributed by atoms with Crippen molar-refractivity contribution in [3.8, 4) is 11.6 Å². The molecule has 1 fully saturated rings. The molecule has 1 N–H and O–H groups in total. The molecule has 0 atom stereocenters. The van der Waals surface area contributed by atoms with E-state index in [9.17, 15) is 4.79 Å². The first kappa shape index (κ1) is 18.8. The van der Waals surface area contributed by atoms with Crippen LogP contribution in [0.3, 0.4) is 0 Å². The molecule has 2 aromatic heterocycles. The smallest absolute Gasteiger partial charge is 0.251 e. The Kier molecular flexibility index (Phi) is 5.78. The molecule has 1 aromatic carbocycles. The number of nitrogens with zero attached hydrogens (tertiary/aromatic N) is 3. The zero-order chi connectivity index (χ0) is 19.3. The van der Waals surface area contributed by atoms with E-state index in [1.807, 2.05) is 41.0 Å². The SMILES string of the molecule is COCCn1c(SCc2ccc(C(=O)NC3CC3)cc2)nnc1-c1ccco1. The Bertz CT molecular complexity index is 918. The molecule has 0 aliphatic heterocycles. The number of rotatable bonds is 9. The van der Waals surface area contributed by atoms with Crippen molar-refractivity contribution < 1.29 is 13.9 Å². The number of ether oxygens (including phenoxy) is 1. The van der Waals surface area contributed by atoms with Crippen LogP contribution in [-0.2, 0) is 17.0 Å². The third kappa shape index (κ3) is 4.45. The molecule has 3 aromatic rings. The molecule has 0 unspecified atom stereocenters. The highest BCUT2D eigenvalue weighted by molar-refractivity contribution is 7.98. The van der Waals surface area contributed by atoms with Gasteiger partial charge in [0.1, 0.15) is 0 Å². The number of furan rings is 1. The molecule has 8 heteroatoms. The minimum absolute atomic E-state index is 0.00380. The maximum Gasteiger partial charge on any atom is 0.251 e. The second kappa shape index (κ2) is 8.62. The van der Waals surface area contributed by atoms with Crippen LogP contribution in [0.25, 0.3) is 11.6 Å². The molecule has 2 heterocycles. The van der Waals surface area contributed by atoms with E-state index in [2.05, 4.69) is 15.5 Å². The summed E-state index contributed by atoms with van der Waals surface area (Å²) in [6.45, 7) is 1.20. The van der Waals surface area contributed by atoms with E-state index in [0.29, 0.717) is 36.3 Å². The third-order valence-electron chi connectivity index (χ3n) is 4.47. The Morgan fingerprint density at radius 1 is 1.29 bits per heavy atom. The van der Waals surface area contributed by atoms with Gasteiger partial charge in [-0.3, -0.25) is 9.36 Å². The number of carbonyl (C=O) groups is 1. The van der Waals surface area contributed by atoms with Gasteiger partial charge in [0.25, 0.3) is 5.91 Å². The van der Waals surface area contributed by atoms with Crippen LogP contribution in [0.4, 0.5) is 0 Å². The van der Waals surface area contributed by atoms with Gasteiger partial charge in [0, 0.05) is 24.5 Å². The molecule has 7 nitrogen and oxygen atoms in total. The summed E-state index contributed by atoms with van der Waals surface area (Å²) >= 11 is 1.60. The molecule has 0 bridgehead atoms. The predicted octanol–water partition coefficient (Wildman–Crippen LogP) is 3.37. The molecular weight excluding hydrogens is 376 g/mol. The second-order valence-corrected chi connectivity index (χ2v) is 7.60. The highest BCUT2D eigenvalue weighted by Gasteiger charge is 2.23. The number of aromatic nitrogens is 3. The van der Waals surface area contributed by atoms with Gasteiger partial charge in [-0.1, -0.05) is 23.9 Å². The highest BCUT2D eigenvalue weighted by Crippen LogP contribution is 2.27. The third-order valence-corrected chi connectivity index (χ3v) is 5.51. The average molecular weight is 398 g/mol. The van der Waals surface area contributed by atoms with Crippen LogP contribution in [0, 0.1) is 0 Å². The van der Waals surface area contributed by atoms with Crippen LogP contribution in [0.2, 0.25) is 0 Å². The van der Waals surface area contributed by atoms with Gasteiger partial charge < -0.3 is 14.5 Å². The largest absolute Gasteiger partial charge is 0.461 e. The molecule has 1 aliphatic carbocycles. The summed E-state index contributed by atoms with van der Waals surface area (Å²) in [6, 6.07) is 11.8. The van der Waals surface area contributed by atoms with Crippen molar-refractivity contribution in [2.45, 2.75) is 36.3 Å². The number of thioether (sulfide) groups is 1. The maximum absolute atomic E-state index is 12.1. The fourth-order valence-electron chi connectivity index (χ4n) is 2.76. The van der Waals surface area contributed by atoms with Crippen LogP contribution in [0.5, 0.6) is 0 Å². The molecule has 0 spiro atoms. The Morgan fingerprint density at radius 3 is 2.79 bits per heavy atom. The fraction of sp³-hybridized carbons (Fsp3) is 0.350. The molecule has 1 amide bonds. The van der Waals surface area contributed by atoms with Crippen LogP contribution < -0.4 is 5.32 Å². The van der Waals surface area contributed by atoms with E-state index in [0.717, 1.165) is 29.3 Å². The molecule has 4 rings (SSSR count). The molecule has 0 saturated heterocycles. The normalized spacial score (nSPS) is 13.6. The number of methoxy groups -OCH3 is 1. The van der Waals surface area contributed by atoms with Crippen molar-refractivity contribution in [3.05, 3.63) is 53.8 Å². The van der Waals surface area contributed by atoms with Crippen LogP contribution in [-0.4, -0.2) is 40.4 Å². The first-order chi connectivity index (χ1) is 13.7. The van der Waals surface area contributed by atoms with Crippen molar-refractivity contribution in [3.63, 3.8) is 0 Å². The van der Waals surface area contributed by atoms with Gasteiger partial charge in [-0.25, -0.2) is 0 Å². The average Bonchev–Trinajstić information content (AvgIpc) is 3.19. The lowest BCUT2D eigenvalue weighted by Gasteiger charge is -2.09. The summed E-state index contributed by atoms with van der Waals surface area (Å²) in [5, 5.41) is 12.4. The molecule has 28 heavy (non-hydrogen) atoms. The maximum atomic E-state index is 12.1. The van der Waals surface area contributed by atoms with Gasteiger partial charge in [0.05, 0.1) is 19.4 Å². The van der Waals surface area contributed by atoms with Crippen molar-refractivity contribution in [1.29, 1.82) is 0 Å². The van der Waals surface area contributed by atoms with Gasteiger partial charge in [-0.05, 0) is 42.7 Å². The zero-order valence-corrected chi connectivity index (χ0v) is 16.4. The zero-order valence-electron chi connectivity index (χ0n) is 15.6. The quantitative estimate of drug-likeness (QED) is 0.557. The summed E-state index contributed by atoms with van der Waals surface area (Å²) in [6.07, 6.45) is 3.80. The number of amides is 1.